The van der Waals surface area contributed by atoms with E-state index in [0.717, 1.165) is 16.9 Å². The lowest BCUT2D eigenvalue weighted by molar-refractivity contribution is -0.116. The Hall–Kier alpha value is -3.15. The van der Waals surface area contributed by atoms with Crippen molar-refractivity contribution in [1.82, 2.24) is 14.8 Å². The number of benzene rings is 2. The fourth-order valence-corrected chi connectivity index (χ4v) is 2.82. The Morgan fingerprint density at radius 1 is 1.11 bits per heavy atom. The standard InChI is InChI=1S/C22H26N4O2/c1-5-28-22-24-21(17-8-6-16(4)7-9-17)26(25-22)19-12-10-18(11-13-19)23-20(27)14-15(2)3/h6-13,15H,5,14H2,1-4H3,(H,23,27). The molecule has 0 aliphatic rings. The van der Waals surface area contributed by atoms with Crippen molar-refractivity contribution in [2.45, 2.75) is 34.1 Å². The van der Waals surface area contributed by atoms with Gasteiger partial charge in [0.2, 0.25) is 5.91 Å². The van der Waals surface area contributed by atoms with Crippen LogP contribution in [0.5, 0.6) is 6.01 Å². The molecule has 3 aromatic rings. The van der Waals surface area contributed by atoms with Crippen molar-refractivity contribution in [2.75, 3.05) is 11.9 Å². The molecule has 0 saturated heterocycles. The third-order valence-corrected chi connectivity index (χ3v) is 4.16. The maximum absolute atomic E-state index is 12.0. The molecule has 6 nitrogen and oxygen atoms in total. The number of nitrogens with zero attached hydrogens (tertiary/aromatic N) is 3. The van der Waals surface area contributed by atoms with Crippen molar-refractivity contribution in [3.63, 3.8) is 0 Å². The lowest BCUT2D eigenvalue weighted by atomic mass is 10.1. The van der Waals surface area contributed by atoms with Gasteiger partial charge in [-0.1, -0.05) is 43.7 Å². The minimum Gasteiger partial charge on any atom is -0.463 e. The molecular formula is C22H26N4O2. The van der Waals surface area contributed by atoms with E-state index in [2.05, 4.69) is 15.4 Å². The lowest BCUT2D eigenvalue weighted by Gasteiger charge is -2.09. The third kappa shape index (κ3) is 4.76. The average Bonchev–Trinajstić information content (AvgIpc) is 3.06. The van der Waals surface area contributed by atoms with Gasteiger partial charge in [0.25, 0.3) is 0 Å². The van der Waals surface area contributed by atoms with Gasteiger partial charge in [-0.05, 0) is 44.0 Å². The molecule has 0 aliphatic heterocycles. The first-order valence-electron chi connectivity index (χ1n) is 9.53. The summed E-state index contributed by atoms with van der Waals surface area (Å²) in [4.78, 5) is 16.5. The number of hydrogen-bond donors (Lipinski definition) is 1. The first-order valence-corrected chi connectivity index (χ1v) is 9.53. The lowest BCUT2D eigenvalue weighted by Crippen LogP contribution is -2.13. The number of anilines is 1. The molecule has 0 radical (unpaired) electrons. The Bertz CT molecular complexity index is 928. The van der Waals surface area contributed by atoms with Crippen LogP contribution in [-0.2, 0) is 4.79 Å². The molecule has 0 aliphatic carbocycles. The smallest absolute Gasteiger partial charge is 0.336 e. The van der Waals surface area contributed by atoms with Crippen LogP contribution >= 0.6 is 0 Å². The number of carbonyl (C=O) groups is 1. The zero-order chi connectivity index (χ0) is 20.1. The predicted molar refractivity (Wildman–Crippen MR) is 111 cm³/mol. The van der Waals surface area contributed by atoms with Gasteiger partial charge in [-0.2, -0.15) is 4.98 Å². The number of rotatable bonds is 7. The molecule has 0 saturated carbocycles. The van der Waals surface area contributed by atoms with Crippen LogP contribution in [0.3, 0.4) is 0 Å². The van der Waals surface area contributed by atoms with E-state index in [-0.39, 0.29) is 5.91 Å². The Kier molecular flexibility index (Phi) is 6.09. The van der Waals surface area contributed by atoms with Crippen molar-refractivity contribution in [3.05, 3.63) is 54.1 Å². The highest BCUT2D eigenvalue weighted by Gasteiger charge is 2.15. The third-order valence-electron chi connectivity index (χ3n) is 4.16. The molecule has 28 heavy (non-hydrogen) atoms. The second-order valence-corrected chi connectivity index (χ2v) is 7.12. The van der Waals surface area contributed by atoms with Crippen molar-refractivity contribution < 1.29 is 9.53 Å². The number of carbonyl (C=O) groups excluding carboxylic acids is 1. The summed E-state index contributed by atoms with van der Waals surface area (Å²) >= 11 is 0. The number of ether oxygens (including phenoxy) is 1. The van der Waals surface area contributed by atoms with E-state index in [9.17, 15) is 4.79 Å². The average molecular weight is 378 g/mol. The second kappa shape index (κ2) is 8.69. The summed E-state index contributed by atoms with van der Waals surface area (Å²) in [7, 11) is 0. The van der Waals surface area contributed by atoms with Crippen LogP contribution in [0.1, 0.15) is 32.8 Å². The number of amides is 1. The maximum Gasteiger partial charge on any atom is 0.336 e. The molecule has 1 aromatic heterocycles. The molecule has 0 atom stereocenters. The fraction of sp³-hybridized carbons (Fsp3) is 0.318. The van der Waals surface area contributed by atoms with Crippen LogP contribution in [0.4, 0.5) is 5.69 Å². The maximum atomic E-state index is 12.0. The van der Waals surface area contributed by atoms with Gasteiger partial charge in [0.05, 0.1) is 12.3 Å². The Morgan fingerprint density at radius 3 is 2.39 bits per heavy atom. The molecule has 0 bridgehead atoms. The quantitative estimate of drug-likeness (QED) is 0.651. The Morgan fingerprint density at radius 2 is 1.79 bits per heavy atom. The van der Waals surface area contributed by atoms with Crippen LogP contribution in [-0.4, -0.2) is 27.3 Å². The Balaban J connectivity index is 1.89. The number of nitrogens with one attached hydrogen (secondary N) is 1. The predicted octanol–water partition coefficient (Wildman–Crippen LogP) is 4.63. The van der Waals surface area contributed by atoms with E-state index in [4.69, 9.17) is 4.74 Å². The van der Waals surface area contributed by atoms with Gasteiger partial charge in [-0.25, -0.2) is 4.68 Å². The van der Waals surface area contributed by atoms with Crippen LogP contribution in [0.25, 0.3) is 17.1 Å². The summed E-state index contributed by atoms with van der Waals surface area (Å²) in [6.07, 6.45) is 0.500. The van der Waals surface area contributed by atoms with E-state index >= 15 is 0 Å². The van der Waals surface area contributed by atoms with Crippen molar-refractivity contribution in [3.8, 4) is 23.1 Å². The van der Waals surface area contributed by atoms with Crippen LogP contribution in [0, 0.1) is 12.8 Å². The summed E-state index contributed by atoms with van der Waals surface area (Å²) in [5.41, 5.74) is 3.74. The van der Waals surface area contributed by atoms with Gasteiger partial charge in [0.15, 0.2) is 5.82 Å². The van der Waals surface area contributed by atoms with Crippen LogP contribution in [0.2, 0.25) is 0 Å². The molecule has 1 heterocycles. The summed E-state index contributed by atoms with van der Waals surface area (Å²) in [5, 5.41) is 7.42. The topological polar surface area (TPSA) is 69.0 Å². The number of hydrogen-bond acceptors (Lipinski definition) is 4. The van der Waals surface area contributed by atoms with Crippen molar-refractivity contribution >= 4 is 11.6 Å². The van der Waals surface area contributed by atoms with Gasteiger partial charge in [-0.3, -0.25) is 4.79 Å². The van der Waals surface area contributed by atoms with Crippen molar-refractivity contribution in [2.24, 2.45) is 5.92 Å². The van der Waals surface area contributed by atoms with Crippen molar-refractivity contribution in [1.29, 1.82) is 0 Å². The zero-order valence-electron chi connectivity index (χ0n) is 16.8. The van der Waals surface area contributed by atoms with E-state index in [1.54, 1.807) is 4.68 Å². The van der Waals surface area contributed by atoms with Gasteiger partial charge < -0.3 is 10.1 Å². The second-order valence-electron chi connectivity index (χ2n) is 7.12. The molecule has 1 amide bonds. The SMILES string of the molecule is CCOc1nc(-c2ccc(C)cc2)n(-c2ccc(NC(=O)CC(C)C)cc2)n1. The first-order chi connectivity index (χ1) is 13.5. The molecular weight excluding hydrogens is 352 g/mol. The van der Waals surface area contributed by atoms with E-state index < -0.39 is 0 Å². The van der Waals surface area contributed by atoms with Crippen LogP contribution in [0.15, 0.2) is 48.5 Å². The van der Waals surface area contributed by atoms with Gasteiger partial charge in [0.1, 0.15) is 0 Å². The van der Waals surface area contributed by atoms with Crippen LogP contribution < -0.4 is 10.1 Å². The molecule has 1 N–H and O–H groups in total. The zero-order valence-corrected chi connectivity index (χ0v) is 16.8. The largest absolute Gasteiger partial charge is 0.463 e. The molecule has 6 heteroatoms. The molecule has 0 fully saturated rings. The van der Waals surface area contributed by atoms with Gasteiger partial charge in [0, 0.05) is 17.7 Å². The number of aryl methyl sites for hydroxylation is 1. The summed E-state index contributed by atoms with van der Waals surface area (Å²) < 4.78 is 7.27. The summed E-state index contributed by atoms with van der Waals surface area (Å²) in [5.74, 6) is 1.05. The van der Waals surface area contributed by atoms with Gasteiger partial charge in [-0.15, -0.1) is 5.10 Å². The summed E-state index contributed by atoms with van der Waals surface area (Å²) in [6, 6.07) is 16.0. The van der Waals surface area contributed by atoms with E-state index in [1.807, 2.05) is 76.2 Å². The van der Waals surface area contributed by atoms with Gasteiger partial charge >= 0.3 is 6.01 Å². The summed E-state index contributed by atoms with van der Waals surface area (Å²) in [6.45, 7) is 8.50. The molecule has 2 aromatic carbocycles. The van der Waals surface area contributed by atoms with E-state index in [1.165, 1.54) is 5.56 Å². The highest BCUT2D eigenvalue weighted by molar-refractivity contribution is 5.90. The highest BCUT2D eigenvalue weighted by atomic mass is 16.5. The molecule has 0 unspecified atom stereocenters. The minimum atomic E-state index is 0.0162. The normalized spacial score (nSPS) is 10.9. The minimum absolute atomic E-state index is 0.0162. The molecule has 146 valence electrons. The fourth-order valence-electron chi connectivity index (χ4n) is 2.82. The first kappa shape index (κ1) is 19.6. The number of aromatic nitrogens is 3. The van der Waals surface area contributed by atoms with E-state index in [0.29, 0.717) is 30.8 Å². The monoisotopic (exact) mass is 378 g/mol. The Labute approximate surface area is 165 Å². The molecule has 3 rings (SSSR count). The highest BCUT2D eigenvalue weighted by Crippen LogP contribution is 2.25. The molecule has 0 spiro atoms.